The second-order valence-electron chi connectivity index (χ2n) is 3.49. The Bertz CT molecular complexity index is 345. The fourth-order valence-corrected chi connectivity index (χ4v) is 1.68. The summed E-state index contributed by atoms with van der Waals surface area (Å²) in [6.07, 6.45) is -0.422. The molecule has 2 unspecified atom stereocenters. The molecule has 5 heteroatoms. The van der Waals surface area contributed by atoms with Gasteiger partial charge in [-0.2, -0.15) is 12.6 Å². The van der Waals surface area contributed by atoms with Crippen LogP contribution in [-0.4, -0.2) is 29.5 Å². The van der Waals surface area contributed by atoms with Crippen LogP contribution < -0.4 is 5.32 Å². The van der Waals surface area contributed by atoms with E-state index in [-0.39, 0.29) is 5.75 Å². The number of thiol groups is 1. The standard InChI is InChI=1S/C12H17NO3S/c1-2-16-11(9-6-4-3-5-7-9)13-10(8-17)12(14)15/h3-7,10-11,13,17H,2,8H2,1H3,(H,14,15). The van der Waals surface area contributed by atoms with Crippen LogP contribution in [0.3, 0.4) is 0 Å². The number of benzene rings is 1. The average Bonchev–Trinajstić information content (AvgIpc) is 2.35. The molecule has 0 aliphatic rings. The maximum atomic E-state index is 10.9. The first-order valence-corrected chi connectivity index (χ1v) is 6.08. The number of rotatable bonds is 7. The zero-order valence-electron chi connectivity index (χ0n) is 9.67. The minimum atomic E-state index is -0.930. The topological polar surface area (TPSA) is 58.6 Å². The van der Waals surface area contributed by atoms with Crippen molar-refractivity contribution in [1.29, 1.82) is 0 Å². The summed E-state index contributed by atoms with van der Waals surface area (Å²) < 4.78 is 5.50. The normalized spacial score (nSPS) is 14.2. The van der Waals surface area contributed by atoms with Gasteiger partial charge in [-0.3, -0.25) is 10.1 Å². The third-order valence-electron chi connectivity index (χ3n) is 2.27. The minimum Gasteiger partial charge on any atom is -0.480 e. The summed E-state index contributed by atoms with van der Waals surface area (Å²) in [5.74, 6) is -0.716. The maximum Gasteiger partial charge on any atom is 0.321 e. The molecule has 0 heterocycles. The Labute approximate surface area is 106 Å². The number of hydrogen-bond donors (Lipinski definition) is 3. The predicted molar refractivity (Wildman–Crippen MR) is 69.2 cm³/mol. The van der Waals surface area contributed by atoms with Gasteiger partial charge in [0.1, 0.15) is 12.3 Å². The quantitative estimate of drug-likeness (QED) is 0.512. The Kier molecular flexibility index (Phi) is 6.04. The van der Waals surface area contributed by atoms with Crippen molar-refractivity contribution < 1.29 is 14.6 Å². The second kappa shape index (κ2) is 7.32. The van der Waals surface area contributed by atoms with Crippen LogP contribution in [-0.2, 0) is 9.53 Å². The zero-order chi connectivity index (χ0) is 12.7. The van der Waals surface area contributed by atoms with Crippen LogP contribution in [0.5, 0.6) is 0 Å². The van der Waals surface area contributed by atoms with E-state index in [0.717, 1.165) is 5.56 Å². The Hall–Kier alpha value is -1.04. The molecule has 17 heavy (non-hydrogen) atoms. The predicted octanol–water partition coefficient (Wildman–Crippen LogP) is 1.69. The summed E-state index contributed by atoms with van der Waals surface area (Å²) in [5, 5.41) is 11.9. The first-order chi connectivity index (χ1) is 8.19. The van der Waals surface area contributed by atoms with Crippen molar-refractivity contribution in [2.75, 3.05) is 12.4 Å². The van der Waals surface area contributed by atoms with Crippen molar-refractivity contribution in [2.45, 2.75) is 19.2 Å². The van der Waals surface area contributed by atoms with E-state index in [0.29, 0.717) is 6.61 Å². The summed E-state index contributed by atoms with van der Waals surface area (Å²) in [5.41, 5.74) is 0.905. The number of carboxylic acids is 1. The number of aliphatic carboxylic acids is 1. The molecular formula is C12H17NO3S. The Morgan fingerprint density at radius 3 is 2.59 bits per heavy atom. The lowest BCUT2D eigenvalue weighted by molar-refractivity contribution is -0.140. The summed E-state index contributed by atoms with van der Waals surface area (Å²) >= 11 is 4.01. The van der Waals surface area contributed by atoms with Crippen molar-refractivity contribution >= 4 is 18.6 Å². The van der Waals surface area contributed by atoms with Crippen LogP contribution in [0.2, 0.25) is 0 Å². The number of ether oxygens (including phenoxy) is 1. The van der Waals surface area contributed by atoms with Crippen molar-refractivity contribution in [3.8, 4) is 0 Å². The Morgan fingerprint density at radius 1 is 1.47 bits per heavy atom. The lowest BCUT2D eigenvalue weighted by Gasteiger charge is -2.22. The van der Waals surface area contributed by atoms with Gasteiger partial charge in [-0.15, -0.1) is 0 Å². The molecule has 0 saturated carbocycles. The molecule has 0 saturated heterocycles. The van der Waals surface area contributed by atoms with E-state index >= 15 is 0 Å². The molecule has 1 rings (SSSR count). The molecule has 2 atom stereocenters. The highest BCUT2D eigenvalue weighted by molar-refractivity contribution is 7.80. The van der Waals surface area contributed by atoms with E-state index in [4.69, 9.17) is 9.84 Å². The van der Waals surface area contributed by atoms with Gasteiger partial charge in [0.15, 0.2) is 0 Å². The summed E-state index contributed by atoms with van der Waals surface area (Å²) in [6, 6.07) is 8.74. The van der Waals surface area contributed by atoms with Gasteiger partial charge in [-0.25, -0.2) is 0 Å². The molecule has 4 nitrogen and oxygen atoms in total. The van der Waals surface area contributed by atoms with Crippen LogP contribution in [0.15, 0.2) is 30.3 Å². The first kappa shape index (κ1) is 14.0. The highest BCUT2D eigenvalue weighted by Gasteiger charge is 2.21. The summed E-state index contributed by atoms with van der Waals surface area (Å²) in [6.45, 7) is 2.37. The van der Waals surface area contributed by atoms with E-state index in [9.17, 15) is 4.79 Å². The first-order valence-electron chi connectivity index (χ1n) is 5.45. The van der Waals surface area contributed by atoms with Crippen molar-refractivity contribution in [3.63, 3.8) is 0 Å². The molecule has 1 aromatic carbocycles. The smallest absolute Gasteiger partial charge is 0.321 e. The summed E-state index contributed by atoms with van der Waals surface area (Å²) in [4.78, 5) is 10.9. The van der Waals surface area contributed by atoms with Gasteiger partial charge in [0.25, 0.3) is 0 Å². The Morgan fingerprint density at radius 2 is 2.12 bits per heavy atom. The molecule has 0 fully saturated rings. The van der Waals surface area contributed by atoms with Crippen LogP contribution in [0.4, 0.5) is 0 Å². The molecule has 94 valence electrons. The molecule has 0 bridgehead atoms. The monoisotopic (exact) mass is 255 g/mol. The highest BCUT2D eigenvalue weighted by atomic mass is 32.1. The largest absolute Gasteiger partial charge is 0.480 e. The van der Waals surface area contributed by atoms with E-state index in [1.807, 2.05) is 37.3 Å². The molecule has 0 aromatic heterocycles. The molecule has 1 aromatic rings. The SMILES string of the molecule is CCOC(NC(CS)C(=O)O)c1ccccc1. The van der Waals surface area contributed by atoms with Crippen LogP contribution in [0.25, 0.3) is 0 Å². The molecule has 0 radical (unpaired) electrons. The van der Waals surface area contributed by atoms with Gasteiger partial charge in [0, 0.05) is 12.4 Å². The van der Waals surface area contributed by atoms with Crippen molar-refractivity contribution in [1.82, 2.24) is 5.32 Å². The number of nitrogens with one attached hydrogen (secondary N) is 1. The van der Waals surface area contributed by atoms with Crippen molar-refractivity contribution in [2.24, 2.45) is 0 Å². The van der Waals surface area contributed by atoms with Gasteiger partial charge < -0.3 is 9.84 Å². The average molecular weight is 255 g/mol. The fourth-order valence-electron chi connectivity index (χ4n) is 1.42. The zero-order valence-corrected chi connectivity index (χ0v) is 10.6. The number of hydrogen-bond acceptors (Lipinski definition) is 4. The van der Waals surface area contributed by atoms with E-state index in [1.54, 1.807) is 0 Å². The summed E-state index contributed by atoms with van der Waals surface area (Å²) in [7, 11) is 0. The van der Waals surface area contributed by atoms with Crippen molar-refractivity contribution in [3.05, 3.63) is 35.9 Å². The molecule has 2 N–H and O–H groups in total. The van der Waals surface area contributed by atoms with E-state index in [2.05, 4.69) is 17.9 Å². The van der Waals surface area contributed by atoms with Gasteiger partial charge in [0.2, 0.25) is 0 Å². The minimum absolute atomic E-state index is 0.214. The lowest BCUT2D eigenvalue weighted by atomic mass is 10.2. The Balaban J connectivity index is 2.76. The fraction of sp³-hybridized carbons (Fsp3) is 0.417. The van der Waals surface area contributed by atoms with Gasteiger partial charge in [-0.05, 0) is 12.5 Å². The molecule has 0 aliphatic heterocycles. The third kappa shape index (κ3) is 4.38. The number of carbonyl (C=O) groups is 1. The van der Waals surface area contributed by atoms with Crippen LogP contribution in [0, 0.1) is 0 Å². The maximum absolute atomic E-state index is 10.9. The molecule has 0 aliphatic carbocycles. The molecule has 0 amide bonds. The number of carboxylic acid groups (broad SMARTS) is 1. The van der Waals surface area contributed by atoms with Gasteiger partial charge in [0.05, 0.1) is 0 Å². The van der Waals surface area contributed by atoms with Crippen LogP contribution >= 0.6 is 12.6 Å². The third-order valence-corrected chi connectivity index (χ3v) is 2.63. The molecule has 0 spiro atoms. The molecular weight excluding hydrogens is 238 g/mol. The van der Waals surface area contributed by atoms with E-state index < -0.39 is 18.2 Å². The second-order valence-corrected chi connectivity index (χ2v) is 3.85. The lowest BCUT2D eigenvalue weighted by Crippen LogP contribution is -2.41. The van der Waals surface area contributed by atoms with E-state index in [1.165, 1.54) is 0 Å². The highest BCUT2D eigenvalue weighted by Crippen LogP contribution is 2.15. The van der Waals surface area contributed by atoms with Gasteiger partial charge >= 0.3 is 5.97 Å². The van der Waals surface area contributed by atoms with Gasteiger partial charge in [-0.1, -0.05) is 30.3 Å². The van der Waals surface area contributed by atoms with Crippen LogP contribution in [0.1, 0.15) is 18.7 Å².